The Morgan fingerprint density at radius 2 is 1.96 bits per heavy atom. The number of piperazine rings is 1. The van der Waals surface area contributed by atoms with Gasteiger partial charge in [-0.1, -0.05) is 18.2 Å². The van der Waals surface area contributed by atoms with Crippen LogP contribution in [0.4, 0.5) is 11.4 Å². The van der Waals surface area contributed by atoms with Crippen molar-refractivity contribution in [3.63, 3.8) is 0 Å². The minimum Gasteiger partial charge on any atom is -0.497 e. The van der Waals surface area contributed by atoms with E-state index >= 15 is 0 Å². The molecule has 1 amide bonds. The molecule has 3 N–H and O–H groups in total. The number of carbonyl (C=O) groups is 1. The van der Waals surface area contributed by atoms with Gasteiger partial charge in [0, 0.05) is 51.0 Å². The van der Waals surface area contributed by atoms with Crippen molar-refractivity contribution in [2.24, 2.45) is 0 Å². The van der Waals surface area contributed by atoms with Gasteiger partial charge in [-0.3, -0.25) is 9.69 Å². The van der Waals surface area contributed by atoms with Gasteiger partial charge in [0.2, 0.25) is 0 Å². The monoisotopic (exact) mass is 354 g/mol. The molecule has 138 valence electrons. The van der Waals surface area contributed by atoms with Gasteiger partial charge in [0.1, 0.15) is 5.75 Å². The zero-order valence-electron chi connectivity index (χ0n) is 15.1. The molecule has 0 spiro atoms. The molecular formula is C20H26N4O2. The fourth-order valence-corrected chi connectivity index (χ4v) is 3.00. The van der Waals surface area contributed by atoms with Crippen LogP contribution < -0.4 is 20.7 Å². The van der Waals surface area contributed by atoms with Crippen LogP contribution in [0.3, 0.4) is 0 Å². The highest BCUT2D eigenvalue weighted by Gasteiger charge is 2.13. The average Bonchev–Trinajstić information content (AvgIpc) is 2.69. The van der Waals surface area contributed by atoms with Crippen LogP contribution in [-0.4, -0.2) is 57.2 Å². The summed E-state index contributed by atoms with van der Waals surface area (Å²) in [5.74, 6) is 0.707. The number of nitrogens with zero attached hydrogens (tertiary/aromatic N) is 1. The Hall–Kier alpha value is -2.57. The maximum atomic E-state index is 12.6. The number of hydrogen-bond donors (Lipinski definition) is 3. The second-order valence-electron chi connectivity index (χ2n) is 6.25. The molecule has 1 heterocycles. The van der Waals surface area contributed by atoms with E-state index in [2.05, 4.69) is 20.9 Å². The SMILES string of the molecule is COc1cccc(Nc2ccccc2C(=O)NCCN2CCNCC2)c1. The summed E-state index contributed by atoms with van der Waals surface area (Å²) in [6.45, 7) is 5.61. The second kappa shape index (κ2) is 9.22. The van der Waals surface area contributed by atoms with Gasteiger partial charge >= 0.3 is 0 Å². The van der Waals surface area contributed by atoms with E-state index in [-0.39, 0.29) is 5.91 Å². The third kappa shape index (κ3) is 4.97. The Morgan fingerprint density at radius 1 is 1.15 bits per heavy atom. The highest BCUT2D eigenvalue weighted by atomic mass is 16.5. The van der Waals surface area contributed by atoms with Crippen molar-refractivity contribution >= 4 is 17.3 Å². The Morgan fingerprint density at radius 3 is 2.77 bits per heavy atom. The van der Waals surface area contributed by atoms with Crippen LogP contribution in [0.1, 0.15) is 10.4 Å². The zero-order valence-corrected chi connectivity index (χ0v) is 15.1. The number of para-hydroxylation sites is 1. The summed E-state index contributed by atoms with van der Waals surface area (Å²) in [6, 6.07) is 15.2. The van der Waals surface area contributed by atoms with Crippen molar-refractivity contribution < 1.29 is 9.53 Å². The number of nitrogens with one attached hydrogen (secondary N) is 3. The van der Waals surface area contributed by atoms with Crippen LogP contribution in [0.25, 0.3) is 0 Å². The molecule has 26 heavy (non-hydrogen) atoms. The topological polar surface area (TPSA) is 65.6 Å². The van der Waals surface area contributed by atoms with Crippen molar-refractivity contribution in [3.05, 3.63) is 54.1 Å². The van der Waals surface area contributed by atoms with Gasteiger partial charge < -0.3 is 20.7 Å². The van der Waals surface area contributed by atoms with Crippen molar-refractivity contribution in [1.82, 2.24) is 15.5 Å². The van der Waals surface area contributed by atoms with Crippen molar-refractivity contribution in [3.8, 4) is 5.75 Å². The maximum absolute atomic E-state index is 12.6. The van der Waals surface area contributed by atoms with E-state index in [1.807, 2.05) is 48.5 Å². The molecule has 0 unspecified atom stereocenters. The van der Waals surface area contributed by atoms with Crippen LogP contribution in [0, 0.1) is 0 Å². The van der Waals surface area contributed by atoms with E-state index in [0.29, 0.717) is 12.1 Å². The molecule has 0 radical (unpaired) electrons. The highest BCUT2D eigenvalue weighted by molar-refractivity contribution is 6.00. The van der Waals surface area contributed by atoms with Crippen LogP contribution in [-0.2, 0) is 0 Å². The van der Waals surface area contributed by atoms with E-state index in [0.717, 1.165) is 49.8 Å². The predicted molar refractivity (Wildman–Crippen MR) is 104 cm³/mol. The Labute approximate surface area is 154 Å². The molecular weight excluding hydrogens is 328 g/mol. The summed E-state index contributed by atoms with van der Waals surface area (Å²) >= 11 is 0. The Kier molecular flexibility index (Phi) is 6.46. The molecule has 6 nitrogen and oxygen atoms in total. The van der Waals surface area contributed by atoms with Crippen LogP contribution in [0.5, 0.6) is 5.75 Å². The van der Waals surface area contributed by atoms with Crippen LogP contribution in [0.15, 0.2) is 48.5 Å². The first-order valence-corrected chi connectivity index (χ1v) is 8.97. The number of rotatable bonds is 7. The molecule has 1 saturated heterocycles. The van der Waals surface area contributed by atoms with Crippen LogP contribution >= 0.6 is 0 Å². The summed E-state index contributed by atoms with van der Waals surface area (Å²) in [6.07, 6.45) is 0. The van der Waals surface area contributed by atoms with E-state index in [9.17, 15) is 4.79 Å². The molecule has 0 aliphatic carbocycles. The maximum Gasteiger partial charge on any atom is 0.253 e. The largest absolute Gasteiger partial charge is 0.497 e. The molecule has 3 rings (SSSR count). The third-order valence-corrected chi connectivity index (χ3v) is 4.44. The summed E-state index contributed by atoms with van der Waals surface area (Å²) in [7, 11) is 1.64. The van der Waals surface area contributed by atoms with E-state index in [4.69, 9.17) is 4.74 Å². The van der Waals surface area contributed by atoms with Gasteiger partial charge in [-0.2, -0.15) is 0 Å². The normalized spacial score (nSPS) is 14.7. The molecule has 1 aliphatic heterocycles. The zero-order chi connectivity index (χ0) is 18.2. The number of anilines is 2. The number of methoxy groups -OCH3 is 1. The third-order valence-electron chi connectivity index (χ3n) is 4.44. The Bertz CT molecular complexity index is 729. The second-order valence-corrected chi connectivity index (χ2v) is 6.25. The fourth-order valence-electron chi connectivity index (χ4n) is 3.00. The number of benzene rings is 2. The van der Waals surface area contributed by atoms with Gasteiger partial charge in [0.25, 0.3) is 5.91 Å². The highest BCUT2D eigenvalue weighted by Crippen LogP contribution is 2.23. The molecule has 0 aromatic heterocycles. The lowest BCUT2D eigenvalue weighted by Gasteiger charge is -2.27. The van der Waals surface area contributed by atoms with Gasteiger partial charge in [-0.15, -0.1) is 0 Å². The average molecular weight is 354 g/mol. The van der Waals surface area contributed by atoms with Crippen molar-refractivity contribution in [2.45, 2.75) is 0 Å². The molecule has 1 aliphatic rings. The van der Waals surface area contributed by atoms with E-state index < -0.39 is 0 Å². The van der Waals surface area contributed by atoms with E-state index in [1.54, 1.807) is 7.11 Å². The summed E-state index contributed by atoms with van der Waals surface area (Å²) in [5, 5.41) is 9.67. The first kappa shape index (κ1) is 18.2. The number of carbonyl (C=O) groups excluding carboxylic acids is 1. The predicted octanol–water partition coefficient (Wildman–Crippen LogP) is 2.07. The summed E-state index contributed by atoms with van der Waals surface area (Å²) in [4.78, 5) is 15.0. The molecule has 0 bridgehead atoms. The fraction of sp³-hybridized carbons (Fsp3) is 0.350. The summed E-state index contributed by atoms with van der Waals surface area (Å²) in [5.41, 5.74) is 2.29. The van der Waals surface area contributed by atoms with E-state index in [1.165, 1.54) is 0 Å². The number of hydrogen-bond acceptors (Lipinski definition) is 5. The Balaban J connectivity index is 1.61. The van der Waals surface area contributed by atoms with Crippen molar-refractivity contribution in [1.29, 1.82) is 0 Å². The lowest BCUT2D eigenvalue weighted by atomic mass is 10.1. The number of ether oxygens (including phenoxy) is 1. The minimum atomic E-state index is -0.0638. The van der Waals surface area contributed by atoms with Gasteiger partial charge in [-0.05, 0) is 24.3 Å². The standard InChI is InChI=1S/C20H26N4O2/c1-26-17-6-4-5-16(15-17)23-19-8-3-2-7-18(19)20(25)22-11-14-24-12-9-21-10-13-24/h2-8,15,21,23H,9-14H2,1H3,(H,22,25). The first-order chi connectivity index (χ1) is 12.8. The minimum absolute atomic E-state index is 0.0638. The van der Waals surface area contributed by atoms with Gasteiger partial charge in [0.15, 0.2) is 0 Å². The molecule has 1 fully saturated rings. The van der Waals surface area contributed by atoms with Crippen LogP contribution in [0.2, 0.25) is 0 Å². The summed E-state index contributed by atoms with van der Waals surface area (Å²) < 4.78 is 5.25. The van der Waals surface area contributed by atoms with Crippen molar-refractivity contribution in [2.75, 3.05) is 51.7 Å². The molecule has 2 aromatic rings. The molecule has 0 saturated carbocycles. The van der Waals surface area contributed by atoms with Gasteiger partial charge in [0.05, 0.1) is 18.4 Å². The van der Waals surface area contributed by atoms with Gasteiger partial charge in [-0.25, -0.2) is 0 Å². The quantitative estimate of drug-likeness (QED) is 0.710. The molecule has 2 aromatic carbocycles. The lowest BCUT2D eigenvalue weighted by molar-refractivity contribution is 0.0948. The molecule has 0 atom stereocenters. The lowest BCUT2D eigenvalue weighted by Crippen LogP contribution is -2.46. The first-order valence-electron chi connectivity index (χ1n) is 8.97. The number of amides is 1. The smallest absolute Gasteiger partial charge is 0.253 e. The molecule has 6 heteroatoms.